The van der Waals surface area contributed by atoms with Crippen molar-refractivity contribution in [2.75, 3.05) is 19.8 Å². The Morgan fingerprint density at radius 2 is 2.08 bits per heavy atom. The summed E-state index contributed by atoms with van der Waals surface area (Å²) in [5, 5.41) is 1.96. The summed E-state index contributed by atoms with van der Waals surface area (Å²) in [7, 11) is -3.59. The molecule has 0 spiro atoms. The van der Waals surface area contributed by atoms with Crippen LogP contribution < -0.4 is 4.74 Å². The molecular formula is C18H23NO4S2. The van der Waals surface area contributed by atoms with E-state index in [9.17, 15) is 8.42 Å². The van der Waals surface area contributed by atoms with E-state index in [1.165, 1.54) is 4.31 Å². The van der Waals surface area contributed by atoms with E-state index >= 15 is 0 Å². The average Bonchev–Trinajstić information content (AvgIpc) is 3.29. The van der Waals surface area contributed by atoms with Crippen LogP contribution in [-0.2, 0) is 21.3 Å². The number of nitrogens with zero attached hydrogens (tertiary/aromatic N) is 1. The van der Waals surface area contributed by atoms with Crippen LogP contribution in [0.4, 0.5) is 0 Å². The maximum Gasteiger partial charge on any atom is 0.243 e. The molecule has 2 heterocycles. The van der Waals surface area contributed by atoms with Crippen LogP contribution in [0.25, 0.3) is 0 Å². The molecule has 0 aliphatic carbocycles. The second-order valence-electron chi connectivity index (χ2n) is 5.92. The van der Waals surface area contributed by atoms with Gasteiger partial charge in [-0.15, -0.1) is 11.3 Å². The normalized spacial score (nSPS) is 17.9. The standard InChI is InChI=1S/C18H23NO4S2/c1-2-22-15-7-9-18(10-8-15)25(20,21)19(13-16-5-3-11-23-16)14-17-6-4-12-24-17/h4,6-10,12,16H,2-3,5,11,13-14H2,1H3/t16-/m0/s1. The molecule has 7 heteroatoms. The van der Waals surface area contributed by atoms with Crippen molar-refractivity contribution < 1.29 is 17.9 Å². The SMILES string of the molecule is CCOc1ccc(S(=O)(=O)N(Cc2cccs2)C[C@@H]2CCCO2)cc1. The smallest absolute Gasteiger partial charge is 0.243 e. The summed E-state index contributed by atoms with van der Waals surface area (Å²) in [5.41, 5.74) is 0. The van der Waals surface area contributed by atoms with Crippen LogP contribution in [-0.4, -0.2) is 38.6 Å². The first kappa shape index (κ1) is 18.4. The van der Waals surface area contributed by atoms with Crippen molar-refractivity contribution in [1.82, 2.24) is 4.31 Å². The third-order valence-electron chi connectivity index (χ3n) is 4.12. The van der Waals surface area contributed by atoms with Gasteiger partial charge in [-0.1, -0.05) is 6.07 Å². The Bertz CT molecular complexity index is 751. The van der Waals surface area contributed by atoms with Crippen molar-refractivity contribution in [3.8, 4) is 5.75 Å². The minimum atomic E-state index is -3.59. The maximum atomic E-state index is 13.1. The lowest BCUT2D eigenvalue weighted by molar-refractivity contribution is 0.0927. The zero-order valence-electron chi connectivity index (χ0n) is 14.3. The van der Waals surface area contributed by atoms with Crippen molar-refractivity contribution in [3.63, 3.8) is 0 Å². The van der Waals surface area contributed by atoms with Gasteiger partial charge in [0.25, 0.3) is 0 Å². The molecule has 1 aliphatic heterocycles. The van der Waals surface area contributed by atoms with Gasteiger partial charge >= 0.3 is 0 Å². The fraction of sp³-hybridized carbons (Fsp3) is 0.444. The Balaban J connectivity index is 1.83. The molecule has 0 bridgehead atoms. The lowest BCUT2D eigenvalue weighted by atomic mass is 10.2. The van der Waals surface area contributed by atoms with E-state index in [0.717, 1.165) is 17.7 Å². The van der Waals surface area contributed by atoms with Gasteiger partial charge in [-0.2, -0.15) is 4.31 Å². The van der Waals surface area contributed by atoms with Gasteiger partial charge < -0.3 is 9.47 Å². The summed E-state index contributed by atoms with van der Waals surface area (Å²) in [6, 6.07) is 10.5. The fourth-order valence-corrected chi connectivity index (χ4v) is 5.11. The van der Waals surface area contributed by atoms with E-state index in [2.05, 4.69) is 0 Å². The minimum absolute atomic E-state index is 0.0302. The summed E-state index contributed by atoms with van der Waals surface area (Å²) in [6.45, 7) is 3.91. The lowest BCUT2D eigenvalue weighted by Crippen LogP contribution is -2.36. The van der Waals surface area contributed by atoms with Gasteiger partial charge in [-0.05, 0) is 55.5 Å². The molecule has 25 heavy (non-hydrogen) atoms. The van der Waals surface area contributed by atoms with Crippen LogP contribution in [0.15, 0.2) is 46.7 Å². The van der Waals surface area contributed by atoms with Crippen LogP contribution in [0.2, 0.25) is 0 Å². The molecule has 136 valence electrons. The van der Waals surface area contributed by atoms with E-state index in [-0.39, 0.29) is 11.0 Å². The van der Waals surface area contributed by atoms with Crippen molar-refractivity contribution in [2.24, 2.45) is 0 Å². The molecule has 1 fully saturated rings. The highest BCUT2D eigenvalue weighted by Gasteiger charge is 2.29. The zero-order chi connectivity index (χ0) is 17.7. The number of hydrogen-bond acceptors (Lipinski definition) is 5. The van der Waals surface area contributed by atoms with Crippen molar-refractivity contribution >= 4 is 21.4 Å². The number of benzene rings is 1. The highest BCUT2D eigenvalue weighted by molar-refractivity contribution is 7.89. The van der Waals surface area contributed by atoms with Gasteiger partial charge in [0.1, 0.15) is 5.75 Å². The maximum absolute atomic E-state index is 13.1. The summed E-state index contributed by atoms with van der Waals surface area (Å²) in [4.78, 5) is 1.30. The van der Waals surface area contributed by atoms with Crippen molar-refractivity contribution in [1.29, 1.82) is 0 Å². The Kier molecular flexibility index (Phi) is 6.11. The van der Waals surface area contributed by atoms with Crippen LogP contribution in [0.5, 0.6) is 5.75 Å². The van der Waals surface area contributed by atoms with Crippen LogP contribution in [0.1, 0.15) is 24.6 Å². The molecular weight excluding hydrogens is 358 g/mol. The molecule has 1 aromatic heterocycles. The molecule has 0 N–H and O–H groups in total. The topological polar surface area (TPSA) is 55.8 Å². The third-order valence-corrected chi connectivity index (χ3v) is 6.80. The minimum Gasteiger partial charge on any atom is -0.494 e. The molecule has 1 aromatic carbocycles. The fourth-order valence-electron chi connectivity index (χ4n) is 2.86. The molecule has 0 unspecified atom stereocenters. The molecule has 1 aliphatic rings. The summed E-state index contributed by atoms with van der Waals surface area (Å²) < 4.78 is 38.9. The summed E-state index contributed by atoms with van der Waals surface area (Å²) in [6.07, 6.45) is 1.86. The molecule has 5 nitrogen and oxygen atoms in total. The monoisotopic (exact) mass is 381 g/mol. The molecule has 1 saturated heterocycles. The van der Waals surface area contributed by atoms with Crippen molar-refractivity contribution in [2.45, 2.75) is 37.3 Å². The number of ether oxygens (including phenoxy) is 2. The van der Waals surface area contributed by atoms with Gasteiger partial charge in [0.15, 0.2) is 0 Å². The number of rotatable bonds is 8. The lowest BCUT2D eigenvalue weighted by Gasteiger charge is -2.24. The van der Waals surface area contributed by atoms with E-state index in [1.807, 2.05) is 24.4 Å². The summed E-state index contributed by atoms with van der Waals surface area (Å²) >= 11 is 1.56. The Hall–Kier alpha value is -1.41. The van der Waals surface area contributed by atoms with E-state index in [1.54, 1.807) is 35.6 Å². The second-order valence-corrected chi connectivity index (χ2v) is 8.89. The van der Waals surface area contributed by atoms with Gasteiger partial charge in [0, 0.05) is 24.6 Å². The van der Waals surface area contributed by atoms with E-state index < -0.39 is 10.0 Å². The Labute approximate surface area is 153 Å². The first-order valence-corrected chi connectivity index (χ1v) is 10.8. The molecule has 0 amide bonds. The molecule has 3 rings (SSSR count). The number of hydrogen-bond donors (Lipinski definition) is 0. The van der Waals surface area contributed by atoms with Crippen molar-refractivity contribution in [3.05, 3.63) is 46.7 Å². The van der Waals surface area contributed by atoms with Crippen LogP contribution in [0, 0.1) is 0 Å². The van der Waals surface area contributed by atoms with Gasteiger partial charge in [-0.25, -0.2) is 8.42 Å². The molecule has 0 saturated carbocycles. The third kappa shape index (κ3) is 4.61. The number of sulfonamides is 1. The largest absolute Gasteiger partial charge is 0.494 e. The number of thiophene rings is 1. The van der Waals surface area contributed by atoms with E-state index in [4.69, 9.17) is 9.47 Å². The van der Waals surface area contributed by atoms with Gasteiger partial charge in [0.2, 0.25) is 10.0 Å². The van der Waals surface area contributed by atoms with Gasteiger partial charge in [-0.3, -0.25) is 0 Å². The van der Waals surface area contributed by atoms with Gasteiger partial charge in [0.05, 0.1) is 17.6 Å². The zero-order valence-corrected chi connectivity index (χ0v) is 15.9. The highest BCUT2D eigenvalue weighted by atomic mass is 32.2. The quantitative estimate of drug-likeness (QED) is 0.702. The highest BCUT2D eigenvalue weighted by Crippen LogP contribution is 2.25. The molecule has 2 aromatic rings. The Morgan fingerprint density at radius 3 is 2.68 bits per heavy atom. The van der Waals surface area contributed by atoms with Crippen LogP contribution >= 0.6 is 11.3 Å². The predicted molar refractivity (Wildman–Crippen MR) is 98.5 cm³/mol. The summed E-state index contributed by atoms with van der Waals surface area (Å²) in [5.74, 6) is 0.672. The molecule has 1 atom stereocenters. The average molecular weight is 382 g/mol. The first-order chi connectivity index (χ1) is 12.1. The predicted octanol–water partition coefficient (Wildman–Crippen LogP) is 3.52. The molecule has 0 radical (unpaired) electrons. The first-order valence-electron chi connectivity index (χ1n) is 8.46. The Morgan fingerprint density at radius 1 is 1.28 bits per heavy atom. The second kappa shape index (κ2) is 8.31. The van der Waals surface area contributed by atoms with E-state index in [0.29, 0.717) is 32.1 Å². The van der Waals surface area contributed by atoms with Crippen LogP contribution in [0.3, 0.4) is 0 Å².